The molecule has 1 aromatic heterocycles. The lowest BCUT2D eigenvalue weighted by atomic mass is 10.2. The number of hydrogen-bond donors (Lipinski definition) is 0. The van der Waals surface area contributed by atoms with Crippen LogP contribution >= 0.6 is 11.6 Å². The third-order valence-corrected chi connectivity index (χ3v) is 4.15. The summed E-state index contributed by atoms with van der Waals surface area (Å²) >= 11 is 5.70. The van der Waals surface area contributed by atoms with Gasteiger partial charge in [-0.2, -0.15) is 13.2 Å². The maximum atomic E-state index is 12.8. The molecule has 0 amide bonds. The fourth-order valence-corrected chi connectivity index (χ4v) is 2.74. The van der Waals surface area contributed by atoms with Gasteiger partial charge in [-0.1, -0.05) is 16.8 Å². The first kappa shape index (κ1) is 19.0. The molecule has 10 heteroatoms. The zero-order valence-electron chi connectivity index (χ0n) is 14.1. The van der Waals surface area contributed by atoms with Gasteiger partial charge in [-0.05, 0) is 31.2 Å². The molecular weight excluding hydrogens is 387 g/mol. The van der Waals surface area contributed by atoms with Crippen molar-refractivity contribution in [3.63, 3.8) is 0 Å². The number of rotatable bonds is 4. The molecule has 1 heterocycles. The third kappa shape index (κ3) is 3.82. The molecule has 1 atom stereocenters. The summed E-state index contributed by atoms with van der Waals surface area (Å²) in [5.41, 5.74) is 0.0770. The van der Waals surface area contributed by atoms with Gasteiger partial charge in [0.2, 0.25) is 0 Å². The van der Waals surface area contributed by atoms with Gasteiger partial charge in [-0.3, -0.25) is 0 Å². The Morgan fingerprint density at radius 2 is 1.85 bits per heavy atom. The molecule has 0 aliphatic carbocycles. The van der Waals surface area contributed by atoms with Crippen LogP contribution in [0.5, 0.6) is 11.5 Å². The summed E-state index contributed by atoms with van der Waals surface area (Å²) in [5, 5.41) is 7.42. The van der Waals surface area contributed by atoms with E-state index in [1.54, 1.807) is 25.1 Å². The number of methoxy groups -OCH3 is 1. The quantitative estimate of drug-likeness (QED) is 0.598. The highest BCUT2D eigenvalue weighted by Gasteiger charge is 2.33. The predicted octanol–water partition coefficient (Wildman–Crippen LogP) is 4.63. The SMILES string of the molecule is COC(=O)C(C)n1nnc2ccc(Oc3ccc(C(F)(F)F)c(Cl)c3)cc21. The molecule has 142 valence electrons. The lowest BCUT2D eigenvalue weighted by Gasteiger charge is -2.12. The minimum Gasteiger partial charge on any atom is -0.467 e. The standard InChI is InChI=1S/C17H13ClF3N3O3/c1-9(16(25)26-2)24-15-8-11(4-6-14(15)22-23-24)27-10-3-5-12(13(18)7-10)17(19,20)21/h3-9H,1-2H3. The summed E-state index contributed by atoms with van der Waals surface area (Å²) in [6.45, 7) is 1.60. The molecule has 2 aromatic carbocycles. The Bertz CT molecular complexity index is 1000. The first-order valence-corrected chi connectivity index (χ1v) is 8.06. The Kier molecular flexibility index (Phi) is 4.97. The second kappa shape index (κ2) is 7.07. The molecule has 3 rings (SSSR count). The molecular formula is C17H13ClF3N3O3. The van der Waals surface area contributed by atoms with Crippen molar-refractivity contribution >= 4 is 28.6 Å². The van der Waals surface area contributed by atoms with Gasteiger partial charge in [-0.25, -0.2) is 9.48 Å². The Labute approximate surface area is 156 Å². The molecule has 0 radical (unpaired) electrons. The number of benzene rings is 2. The van der Waals surface area contributed by atoms with Gasteiger partial charge in [0.05, 0.1) is 23.2 Å². The molecule has 0 bridgehead atoms. The van der Waals surface area contributed by atoms with Gasteiger partial charge in [0.1, 0.15) is 23.1 Å². The van der Waals surface area contributed by atoms with Gasteiger partial charge < -0.3 is 9.47 Å². The maximum absolute atomic E-state index is 12.8. The lowest BCUT2D eigenvalue weighted by Crippen LogP contribution is -2.18. The third-order valence-electron chi connectivity index (χ3n) is 3.83. The molecule has 27 heavy (non-hydrogen) atoms. The number of aromatic nitrogens is 3. The molecule has 3 aromatic rings. The zero-order valence-corrected chi connectivity index (χ0v) is 14.9. The first-order chi connectivity index (χ1) is 12.7. The van der Waals surface area contributed by atoms with Crippen LogP contribution in [0.15, 0.2) is 36.4 Å². The van der Waals surface area contributed by atoms with Crippen LogP contribution < -0.4 is 4.74 Å². The number of ether oxygens (including phenoxy) is 2. The smallest absolute Gasteiger partial charge is 0.417 e. The molecule has 0 N–H and O–H groups in total. The van der Waals surface area contributed by atoms with Gasteiger partial charge in [-0.15, -0.1) is 5.10 Å². The number of alkyl halides is 3. The van der Waals surface area contributed by atoms with E-state index in [0.717, 1.165) is 12.1 Å². The maximum Gasteiger partial charge on any atom is 0.417 e. The summed E-state index contributed by atoms with van der Waals surface area (Å²) in [6.07, 6.45) is -4.54. The molecule has 0 aliphatic heterocycles. The van der Waals surface area contributed by atoms with Crippen LogP contribution in [0.2, 0.25) is 5.02 Å². The zero-order chi connectivity index (χ0) is 19.8. The second-order valence-corrected chi connectivity index (χ2v) is 6.03. The van der Waals surface area contributed by atoms with Crippen LogP contribution in [0.3, 0.4) is 0 Å². The summed E-state index contributed by atoms with van der Waals surface area (Å²) in [7, 11) is 1.26. The minimum absolute atomic E-state index is 0.132. The van der Waals surface area contributed by atoms with Gasteiger partial charge in [0.25, 0.3) is 0 Å². The van der Waals surface area contributed by atoms with E-state index in [9.17, 15) is 18.0 Å². The van der Waals surface area contributed by atoms with Crippen molar-refractivity contribution < 1.29 is 27.4 Å². The Morgan fingerprint density at radius 3 is 2.48 bits per heavy atom. The van der Waals surface area contributed by atoms with Crippen LogP contribution in [-0.2, 0) is 15.7 Å². The van der Waals surface area contributed by atoms with Crippen LogP contribution in [0, 0.1) is 0 Å². The number of fused-ring (bicyclic) bond motifs is 1. The van der Waals surface area contributed by atoms with E-state index in [0.29, 0.717) is 16.8 Å². The molecule has 0 saturated carbocycles. The number of carbonyl (C=O) groups excluding carboxylic acids is 1. The van der Waals surface area contributed by atoms with Crippen LogP contribution in [0.25, 0.3) is 11.0 Å². The van der Waals surface area contributed by atoms with E-state index in [-0.39, 0.29) is 5.75 Å². The number of hydrogen-bond acceptors (Lipinski definition) is 5. The molecule has 1 unspecified atom stereocenters. The highest BCUT2D eigenvalue weighted by molar-refractivity contribution is 6.31. The number of halogens is 4. The highest BCUT2D eigenvalue weighted by atomic mass is 35.5. The Morgan fingerprint density at radius 1 is 1.19 bits per heavy atom. The van der Waals surface area contributed by atoms with Crippen molar-refractivity contribution in [1.82, 2.24) is 15.0 Å². The average molecular weight is 400 g/mol. The number of esters is 1. The van der Waals surface area contributed by atoms with Crippen molar-refractivity contribution in [3.05, 3.63) is 47.0 Å². The Balaban J connectivity index is 1.92. The first-order valence-electron chi connectivity index (χ1n) is 7.68. The van der Waals surface area contributed by atoms with E-state index < -0.39 is 28.8 Å². The fraction of sp³-hybridized carbons (Fsp3) is 0.235. The lowest BCUT2D eigenvalue weighted by molar-refractivity contribution is -0.144. The van der Waals surface area contributed by atoms with Crippen molar-refractivity contribution in [2.24, 2.45) is 0 Å². The summed E-state index contributed by atoms with van der Waals surface area (Å²) in [6, 6.07) is 7.16. The van der Waals surface area contributed by atoms with Crippen molar-refractivity contribution in [2.75, 3.05) is 7.11 Å². The van der Waals surface area contributed by atoms with Crippen molar-refractivity contribution in [2.45, 2.75) is 19.1 Å². The topological polar surface area (TPSA) is 66.2 Å². The van der Waals surface area contributed by atoms with E-state index in [4.69, 9.17) is 21.1 Å². The Hall–Kier alpha value is -2.81. The van der Waals surface area contributed by atoms with E-state index in [2.05, 4.69) is 10.3 Å². The highest BCUT2D eigenvalue weighted by Crippen LogP contribution is 2.37. The monoisotopic (exact) mass is 399 g/mol. The predicted molar refractivity (Wildman–Crippen MR) is 90.8 cm³/mol. The van der Waals surface area contributed by atoms with Crippen LogP contribution in [0.1, 0.15) is 18.5 Å². The molecule has 0 saturated heterocycles. The second-order valence-electron chi connectivity index (χ2n) is 5.63. The van der Waals surface area contributed by atoms with E-state index in [1.807, 2.05) is 0 Å². The van der Waals surface area contributed by atoms with Gasteiger partial charge in [0.15, 0.2) is 0 Å². The summed E-state index contributed by atoms with van der Waals surface area (Å²) in [5.74, 6) is -0.0472. The fourth-order valence-electron chi connectivity index (χ4n) is 2.46. The van der Waals surface area contributed by atoms with Crippen molar-refractivity contribution in [1.29, 1.82) is 0 Å². The number of nitrogens with zero attached hydrogens (tertiary/aromatic N) is 3. The molecule has 0 spiro atoms. The largest absolute Gasteiger partial charge is 0.467 e. The van der Waals surface area contributed by atoms with Gasteiger partial charge >= 0.3 is 12.1 Å². The van der Waals surface area contributed by atoms with Gasteiger partial charge in [0, 0.05) is 12.1 Å². The van der Waals surface area contributed by atoms with Crippen molar-refractivity contribution in [3.8, 4) is 11.5 Å². The minimum atomic E-state index is -4.54. The molecule has 0 fully saturated rings. The molecule has 0 aliphatic rings. The average Bonchev–Trinajstić information content (AvgIpc) is 3.02. The van der Waals surface area contributed by atoms with Crippen LogP contribution in [-0.4, -0.2) is 28.1 Å². The van der Waals surface area contributed by atoms with E-state index >= 15 is 0 Å². The number of carbonyl (C=O) groups is 1. The van der Waals surface area contributed by atoms with Crippen LogP contribution in [0.4, 0.5) is 13.2 Å². The molecule has 6 nitrogen and oxygen atoms in total. The normalized spacial score (nSPS) is 12.8. The summed E-state index contributed by atoms with van der Waals surface area (Å²) in [4.78, 5) is 11.7. The van der Waals surface area contributed by atoms with E-state index in [1.165, 1.54) is 17.9 Å². The summed E-state index contributed by atoms with van der Waals surface area (Å²) < 4.78 is 50.0.